The largest absolute Gasteiger partial charge is 0.444 e. The van der Waals surface area contributed by atoms with Gasteiger partial charge in [0.1, 0.15) is 11.8 Å². The molecule has 1 aromatic rings. The lowest BCUT2D eigenvalue weighted by Crippen LogP contribution is -2.16. The summed E-state index contributed by atoms with van der Waals surface area (Å²) in [6, 6.07) is 3.61. The van der Waals surface area contributed by atoms with Crippen LogP contribution in [0.1, 0.15) is 18.5 Å². The molecule has 0 saturated heterocycles. The molecule has 2 rings (SSSR count). The van der Waals surface area contributed by atoms with Crippen molar-refractivity contribution in [3.63, 3.8) is 0 Å². The number of hydrogen-bond donors (Lipinski definition) is 0. The Hall–Kier alpha value is -2.07. The molecule has 1 fully saturated rings. The van der Waals surface area contributed by atoms with Crippen molar-refractivity contribution in [2.45, 2.75) is 18.4 Å². The summed E-state index contributed by atoms with van der Waals surface area (Å²) in [5.74, 6) is 2.55. The summed E-state index contributed by atoms with van der Waals surface area (Å²) in [5.41, 5.74) is -0.239. The van der Waals surface area contributed by atoms with E-state index in [2.05, 4.69) is 15.9 Å². The van der Waals surface area contributed by atoms with E-state index in [0.717, 1.165) is 12.8 Å². The number of nitriles is 1. The zero-order valence-corrected chi connectivity index (χ0v) is 7.40. The lowest BCUT2D eigenvalue weighted by molar-refractivity contribution is 0.219. The molecule has 1 heterocycles. The predicted octanol–water partition coefficient (Wildman–Crippen LogP) is 0.893. The molecule has 0 radical (unpaired) electrons. The van der Waals surface area contributed by atoms with Gasteiger partial charge in [0, 0.05) is 19.0 Å². The van der Waals surface area contributed by atoms with Crippen LogP contribution < -0.4 is 4.74 Å². The third-order valence-electron chi connectivity index (χ3n) is 2.00. The van der Waals surface area contributed by atoms with Crippen molar-refractivity contribution in [1.82, 2.24) is 9.97 Å². The second kappa shape index (κ2) is 3.01. The summed E-state index contributed by atoms with van der Waals surface area (Å²) >= 11 is 0. The van der Waals surface area contributed by atoms with Crippen LogP contribution in [0, 0.1) is 23.7 Å². The average molecular weight is 185 g/mol. The molecule has 0 N–H and O–H groups in total. The topological polar surface area (TPSA) is 58.8 Å². The van der Waals surface area contributed by atoms with Crippen LogP contribution in [-0.4, -0.2) is 15.6 Å². The molecule has 0 atom stereocenters. The van der Waals surface area contributed by atoms with E-state index < -0.39 is 5.60 Å². The highest BCUT2D eigenvalue weighted by Crippen LogP contribution is 2.38. The van der Waals surface area contributed by atoms with Gasteiger partial charge in [0.05, 0.1) is 0 Å². The van der Waals surface area contributed by atoms with Gasteiger partial charge in [-0.15, -0.1) is 6.42 Å². The molecule has 0 amide bonds. The fraction of sp³-hybridized carbons (Fsp3) is 0.300. The van der Waals surface area contributed by atoms with E-state index in [4.69, 9.17) is 16.4 Å². The summed E-state index contributed by atoms with van der Waals surface area (Å²) < 4.78 is 5.40. The van der Waals surface area contributed by atoms with Gasteiger partial charge in [-0.25, -0.2) is 4.98 Å². The van der Waals surface area contributed by atoms with Crippen LogP contribution in [0.15, 0.2) is 12.3 Å². The Kier molecular flexibility index (Phi) is 1.83. The Labute approximate surface area is 81.6 Å². The maximum absolute atomic E-state index is 8.60. The average Bonchev–Trinajstić information content (AvgIpc) is 2.99. The second-order valence-electron chi connectivity index (χ2n) is 3.08. The van der Waals surface area contributed by atoms with Crippen molar-refractivity contribution in [1.29, 1.82) is 5.26 Å². The molecule has 0 unspecified atom stereocenters. The van der Waals surface area contributed by atoms with E-state index in [9.17, 15) is 0 Å². The Bertz CT molecular complexity index is 437. The molecule has 4 nitrogen and oxygen atoms in total. The number of rotatable bonds is 2. The second-order valence-corrected chi connectivity index (χ2v) is 3.08. The normalized spacial score (nSPS) is 16.4. The van der Waals surface area contributed by atoms with Crippen LogP contribution in [0.5, 0.6) is 6.01 Å². The van der Waals surface area contributed by atoms with E-state index in [1.807, 2.05) is 6.07 Å². The van der Waals surface area contributed by atoms with Crippen LogP contribution >= 0.6 is 0 Å². The van der Waals surface area contributed by atoms with Crippen molar-refractivity contribution in [2.75, 3.05) is 0 Å². The molecule has 1 aromatic heterocycles. The molecule has 4 heteroatoms. The fourth-order valence-corrected chi connectivity index (χ4v) is 1.02. The monoisotopic (exact) mass is 185 g/mol. The van der Waals surface area contributed by atoms with Crippen LogP contribution in [0.25, 0.3) is 0 Å². The number of terminal acetylenes is 1. The quantitative estimate of drug-likeness (QED) is 0.642. The predicted molar refractivity (Wildman–Crippen MR) is 48.2 cm³/mol. The van der Waals surface area contributed by atoms with Crippen molar-refractivity contribution in [2.24, 2.45) is 0 Å². The fourth-order valence-electron chi connectivity index (χ4n) is 1.02. The summed E-state index contributed by atoms with van der Waals surface area (Å²) in [4.78, 5) is 7.75. The number of nitrogens with zero attached hydrogens (tertiary/aromatic N) is 3. The van der Waals surface area contributed by atoms with Gasteiger partial charge in [-0.05, 0) is 6.07 Å². The molecule has 14 heavy (non-hydrogen) atoms. The minimum atomic E-state index is -0.520. The van der Waals surface area contributed by atoms with Crippen LogP contribution in [0.4, 0.5) is 0 Å². The van der Waals surface area contributed by atoms with Crippen molar-refractivity contribution < 1.29 is 4.74 Å². The van der Waals surface area contributed by atoms with Gasteiger partial charge in [0.25, 0.3) is 0 Å². The van der Waals surface area contributed by atoms with E-state index in [-0.39, 0.29) is 11.7 Å². The molecular formula is C10H7N3O. The summed E-state index contributed by atoms with van der Waals surface area (Å²) in [5, 5.41) is 8.60. The van der Waals surface area contributed by atoms with Gasteiger partial charge in [0.2, 0.25) is 0 Å². The number of hydrogen-bond acceptors (Lipinski definition) is 4. The van der Waals surface area contributed by atoms with E-state index in [1.54, 1.807) is 0 Å². The summed E-state index contributed by atoms with van der Waals surface area (Å²) in [6.07, 6.45) is 8.42. The summed E-state index contributed by atoms with van der Waals surface area (Å²) in [7, 11) is 0. The molecule has 1 aliphatic carbocycles. The molecular weight excluding hydrogens is 178 g/mol. The zero-order valence-electron chi connectivity index (χ0n) is 7.40. The maximum Gasteiger partial charge on any atom is 0.319 e. The van der Waals surface area contributed by atoms with E-state index in [1.165, 1.54) is 12.3 Å². The third-order valence-corrected chi connectivity index (χ3v) is 2.00. The first-order valence-corrected chi connectivity index (χ1v) is 4.18. The smallest absolute Gasteiger partial charge is 0.319 e. The van der Waals surface area contributed by atoms with Crippen molar-refractivity contribution in [3.8, 4) is 24.4 Å². The van der Waals surface area contributed by atoms with Crippen molar-refractivity contribution in [3.05, 3.63) is 18.0 Å². The standard InChI is InChI=1S/C10H7N3O/c1-2-10(4-5-10)14-9-12-6-3-8(7-11)13-9/h1,3,6H,4-5H2. The Morgan fingerprint density at radius 3 is 2.93 bits per heavy atom. The van der Waals surface area contributed by atoms with Crippen molar-refractivity contribution >= 4 is 0 Å². The molecule has 1 aliphatic rings. The zero-order chi connectivity index (χ0) is 10.0. The van der Waals surface area contributed by atoms with Gasteiger partial charge in [-0.3, -0.25) is 0 Å². The molecule has 68 valence electrons. The SMILES string of the molecule is C#CC1(Oc2nccc(C#N)n2)CC1. The van der Waals surface area contributed by atoms with Gasteiger partial charge in [-0.1, -0.05) is 5.92 Å². The molecule has 0 aromatic carbocycles. The van der Waals surface area contributed by atoms with Gasteiger partial charge >= 0.3 is 6.01 Å². The van der Waals surface area contributed by atoms with E-state index >= 15 is 0 Å². The molecule has 0 bridgehead atoms. The highest BCUT2D eigenvalue weighted by Gasteiger charge is 2.44. The molecule has 0 spiro atoms. The minimum absolute atomic E-state index is 0.180. The van der Waals surface area contributed by atoms with E-state index in [0.29, 0.717) is 0 Å². The van der Waals surface area contributed by atoms with Crippen LogP contribution in [-0.2, 0) is 0 Å². The lowest BCUT2D eigenvalue weighted by atomic mass is 10.4. The van der Waals surface area contributed by atoms with Crippen LogP contribution in [0.3, 0.4) is 0 Å². The summed E-state index contributed by atoms with van der Waals surface area (Å²) in [6.45, 7) is 0. The first kappa shape index (κ1) is 8.52. The first-order valence-electron chi connectivity index (χ1n) is 4.18. The Morgan fingerprint density at radius 1 is 1.57 bits per heavy atom. The molecule has 0 aliphatic heterocycles. The third kappa shape index (κ3) is 1.51. The highest BCUT2D eigenvalue weighted by atomic mass is 16.5. The Balaban J connectivity index is 2.19. The van der Waals surface area contributed by atoms with Gasteiger partial charge in [-0.2, -0.15) is 10.2 Å². The maximum atomic E-state index is 8.60. The van der Waals surface area contributed by atoms with Gasteiger partial charge in [0.15, 0.2) is 5.60 Å². The minimum Gasteiger partial charge on any atom is -0.444 e. The lowest BCUT2D eigenvalue weighted by Gasteiger charge is -2.08. The number of aromatic nitrogens is 2. The highest BCUT2D eigenvalue weighted by molar-refractivity contribution is 5.24. The van der Waals surface area contributed by atoms with Gasteiger partial charge < -0.3 is 4.74 Å². The Morgan fingerprint density at radius 2 is 2.36 bits per heavy atom. The first-order chi connectivity index (χ1) is 6.78. The van der Waals surface area contributed by atoms with Crippen LogP contribution in [0.2, 0.25) is 0 Å². The molecule has 1 saturated carbocycles. The number of ether oxygens (including phenoxy) is 1.